The van der Waals surface area contributed by atoms with Gasteiger partial charge >= 0.3 is 0 Å². The monoisotopic (exact) mass is 273 g/mol. The lowest BCUT2D eigenvalue weighted by molar-refractivity contribution is 0.482. The van der Waals surface area contributed by atoms with Crippen molar-refractivity contribution in [2.75, 3.05) is 11.4 Å². The van der Waals surface area contributed by atoms with Gasteiger partial charge < -0.3 is 4.90 Å². The predicted octanol–water partition coefficient (Wildman–Crippen LogP) is 3.56. The Morgan fingerprint density at radius 3 is 3.05 bits per heavy atom. The number of thiophene rings is 1. The summed E-state index contributed by atoms with van der Waals surface area (Å²) in [5.74, 6) is 1.21. The van der Waals surface area contributed by atoms with Gasteiger partial charge in [-0.1, -0.05) is 0 Å². The van der Waals surface area contributed by atoms with Gasteiger partial charge in [0.05, 0.1) is 5.39 Å². The molecule has 2 aromatic heterocycles. The van der Waals surface area contributed by atoms with Gasteiger partial charge in [-0.15, -0.1) is 11.3 Å². The molecule has 100 valence electrons. The Morgan fingerprint density at radius 1 is 1.21 bits per heavy atom. The Morgan fingerprint density at radius 2 is 2.16 bits per heavy atom. The smallest absolute Gasteiger partial charge is 0.141 e. The van der Waals surface area contributed by atoms with Crippen LogP contribution in [0, 0.1) is 0 Å². The maximum absolute atomic E-state index is 4.65. The fourth-order valence-corrected chi connectivity index (χ4v) is 4.77. The van der Waals surface area contributed by atoms with Crippen molar-refractivity contribution in [3.05, 3.63) is 16.8 Å². The van der Waals surface area contributed by atoms with Crippen LogP contribution in [0.25, 0.3) is 10.2 Å². The number of hydrogen-bond acceptors (Lipinski definition) is 4. The second-order valence-corrected chi connectivity index (χ2v) is 6.86. The zero-order valence-corrected chi connectivity index (χ0v) is 12.2. The SMILES string of the molecule is C[C@@H]1CCCCN1c1ncnc2sc3c(c12)CCC3. The van der Waals surface area contributed by atoms with Crippen LogP contribution in [0.4, 0.5) is 5.82 Å². The van der Waals surface area contributed by atoms with Gasteiger partial charge in [-0.25, -0.2) is 9.97 Å². The molecule has 0 unspecified atom stereocenters. The van der Waals surface area contributed by atoms with E-state index in [9.17, 15) is 0 Å². The third-order valence-corrected chi connectivity index (χ3v) is 5.76. The van der Waals surface area contributed by atoms with E-state index < -0.39 is 0 Å². The van der Waals surface area contributed by atoms with Crippen LogP contribution in [0.1, 0.15) is 43.0 Å². The maximum Gasteiger partial charge on any atom is 0.141 e. The molecule has 3 nitrogen and oxygen atoms in total. The largest absolute Gasteiger partial charge is 0.353 e. The molecule has 2 aliphatic rings. The van der Waals surface area contributed by atoms with Crippen LogP contribution in [0.3, 0.4) is 0 Å². The van der Waals surface area contributed by atoms with Crippen molar-refractivity contribution in [3.8, 4) is 0 Å². The number of aryl methyl sites for hydroxylation is 2. The molecule has 0 spiro atoms. The van der Waals surface area contributed by atoms with E-state index in [1.165, 1.54) is 54.6 Å². The zero-order valence-electron chi connectivity index (χ0n) is 11.4. The van der Waals surface area contributed by atoms with Crippen LogP contribution in [0.2, 0.25) is 0 Å². The Kier molecular flexibility index (Phi) is 2.72. The van der Waals surface area contributed by atoms with Crippen molar-refractivity contribution in [2.24, 2.45) is 0 Å². The quantitative estimate of drug-likeness (QED) is 0.795. The summed E-state index contributed by atoms with van der Waals surface area (Å²) in [6, 6.07) is 0.615. The molecule has 0 radical (unpaired) electrons. The molecule has 0 aromatic carbocycles. The fraction of sp³-hybridized carbons (Fsp3) is 0.600. The minimum Gasteiger partial charge on any atom is -0.353 e. The summed E-state index contributed by atoms with van der Waals surface area (Å²) >= 11 is 1.89. The molecule has 4 heteroatoms. The standard InChI is InChI=1S/C15H19N3S/c1-10-5-2-3-8-18(10)14-13-11-6-4-7-12(11)19-15(13)17-9-16-14/h9-10H,2-8H2,1H3/t10-/m1/s1. The first kappa shape index (κ1) is 11.6. The third kappa shape index (κ3) is 1.76. The summed E-state index contributed by atoms with van der Waals surface area (Å²) in [4.78, 5) is 14.4. The molecule has 1 atom stereocenters. The molecule has 1 fully saturated rings. The summed E-state index contributed by atoms with van der Waals surface area (Å²) in [6.07, 6.45) is 9.46. The summed E-state index contributed by atoms with van der Waals surface area (Å²) in [5, 5.41) is 1.37. The lowest BCUT2D eigenvalue weighted by Crippen LogP contribution is -2.38. The molecule has 19 heavy (non-hydrogen) atoms. The van der Waals surface area contributed by atoms with Crippen molar-refractivity contribution in [3.63, 3.8) is 0 Å². The van der Waals surface area contributed by atoms with Crippen molar-refractivity contribution in [1.82, 2.24) is 9.97 Å². The minimum absolute atomic E-state index is 0.615. The Hall–Kier alpha value is -1.16. The summed E-state index contributed by atoms with van der Waals surface area (Å²) in [7, 11) is 0. The number of nitrogens with zero attached hydrogens (tertiary/aromatic N) is 3. The van der Waals surface area contributed by atoms with E-state index in [1.807, 2.05) is 11.3 Å². The first-order valence-electron chi connectivity index (χ1n) is 7.36. The molecule has 2 aromatic rings. The van der Waals surface area contributed by atoms with Crippen molar-refractivity contribution >= 4 is 27.4 Å². The van der Waals surface area contributed by atoms with Gasteiger partial charge in [0.25, 0.3) is 0 Å². The Balaban J connectivity index is 1.89. The highest BCUT2D eigenvalue weighted by Gasteiger charge is 2.26. The van der Waals surface area contributed by atoms with Crippen LogP contribution >= 0.6 is 11.3 Å². The van der Waals surface area contributed by atoms with E-state index >= 15 is 0 Å². The molecular weight excluding hydrogens is 254 g/mol. The van der Waals surface area contributed by atoms with E-state index in [-0.39, 0.29) is 0 Å². The molecular formula is C15H19N3S. The van der Waals surface area contributed by atoms with Crippen LogP contribution in [0.15, 0.2) is 6.33 Å². The fourth-order valence-electron chi connectivity index (χ4n) is 3.54. The van der Waals surface area contributed by atoms with Crippen LogP contribution in [-0.4, -0.2) is 22.6 Å². The number of rotatable bonds is 1. The van der Waals surface area contributed by atoms with Crippen molar-refractivity contribution < 1.29 is 0 Å². The number of piperidine rings is 1. The highest BCUT2D eigenvalue weighted by atomic mass is 32.1. The van der Waals surface area contributed by atoms with Gasteiger partial charge in [0.15, 0.2) is 0 Å². The van der Waals surface area contributed by atoms with E-state index in [2.05, 4.69) is 21.8 Å². The first-order valence-corrected chi connectivity index (χ1v) is 8.18. The molecule has 0 saturated carbocycles. The van der Waals surface area contributed by atoms with Gasteiger partial charge in [0, 0.05) is 17.5 Å². The van der Waals surface area contributed by atoms with Crippen molar-refractivity contribution in [1.29, 1.82) is 0 Å². The first-order chi connectivity index (χ1) is 9.34. The summed E-state index contributed by atoms with van der Waals surface area (Å²) in [5.41, 5.74) is 1.55. The summed E-state index contributed by atoms with van der Waals surface area (Å²) < 4.78 is 0. The third-order valence-electron chi connectivity index (χ3n) is 4.56. The van der Waals surface area contributed by atoms with Gasteiger partial charge in [0.2, 0.25) is 0 Å². The van der Waals surface area contributed by atoms with Gasteiger partial charge in [0.1, 0.15) is 17.0 Å². The van der Waals surface area contributed by atoms with E-state index in [0.29, 0.717) is 6.04 Å². The number of hydrogen-bond donors (Lipinski definition) is 0. The molecule has 1 saturated heterocycles. The number of aromatic nitrogens is 2. The van der Waals surface area contributed by atoms with Gasteiger partial charge in [-0.05, 0) is 51.0 Å². The van der Waals surface area contributed by atoms with Gasteiger partial charge in [-0.3, -0.25) is 0 Å². The zero-order chi connectivity index (χ0) is 12.8. The summed E-state index contributed by atoms with van der Waals surface area (Å²) in [6.45, 7) is 3.48. The van der Waals surface area contributed by atoms with E-state index in [0.717, 1.165) is 6.54 Å². The topological polar surface area (TPSA) is 29.0 Å². The lowest BCUT2D eigenvalue weighted by atomic mass is 10.0. The Bertz CT molecular complexity index is 619. The lowest BCUT2D eigenvalue weighted by Gasteiger charge is -2.34. The second kappa shape index (κ2) is 4.44. The Labute approximate surface area is 117 Å². The highest BCUT2D eigenvalue weighted by molar-refractivity contribution is 7.19. The molecule has 1 aliphatic carbocycles. The van der Waals surface area contributed by atoms with Crippen LogP contribution in [-0.2, 0) is 12.8 Å². The normalized spacial score (nSPS) is 23.0. The van der Waals surface area contributed by atoms with E-state index in [4.69, 9.17) is 0 Å². The molecule has 0 N–H and O–H groups in total. The average molecular weight is 273 g/mol. The van der Waals surface area contributed by atoms with Crippen LogP contribution < -0.4 is 4.90 Å². The average Bonchev–Trinajstić information content (AvgIpc) is 2.99. The number of fused-ring (bicyclic) bond motifs is 3. The molecule has 4 rings (SSSR count). The maximum atomic E-state index is 4.65. The minimum atomic E-state index is 0.615. The second-order valence-electron chi connectivity index (χ2n) is 5.77. The van der Waals surface area contributed by atoms with Crippen LogP contribution in [0.5, 0.6) is 0 Å². The van der Waals surface area contributed by atoms with E-state index in [1.54, 1.807) is 16.8 Å². The molecule has 0 bridgehead atoms. The van der Waals surface area contributed by atoms with Crippen molar-refractivity contribution in [2.45, 2.75) is 51.5 Å². The van der Waals surface area contributed by atoms with Gasteiger partial charge in [-0.2, -0.15) is 0 Å². The molecule has 0 amide bonds. The highest BCUT2D eigenvalue weighted by Crippen LogP contribution is 2.41. The predicted molar refractivity (Wildman–Crippen MR) is 80.1 cm³/mol. The molecule has 3 heterocycles. The molecule has 1 aliphatic heterocycles. The number of anilines is 1.